The zero-order valence-corrected chi connectivity index (χ0v) is 16.7. The van der Waals surface area contributed by atoms with Crippen LogP contribution in [-0.4, -0.2) is 36.1 Å². The van der Waals surface area contributed by atoms with Gasteiger partial charge in [-0.1, -0.05) is 18.2 Å². The van der Waals surface area contributed by atoms with Gasteiger partial charge < -0.3 is 15.0 Å². The van der Waals surface area contributed by atoms with E-state index in [1.54, 1.807) is 12.1 Å². The molecule has 5 rings (SSSR count). The first-order chi connectivity index (χ1) is 14.7. The van der Waals surface area contributed by atoms with Crippen LogP contribution in [-0.2, 0) is 0 Å². The summed E-state index contributed by atoms with van der Waals surface area (Å²) in [5.41, 5.74) is 1.52. The van der Waals surface area contributed by atoms with Crippen molar-refractivity contribution in [3.63, 3.8) is 0 Å². The summed E-state index contributed by atoms with van der Waals surface area (Å²) in [7, 11) is 0. The highest BCUT2D eigenvalue weighted by molar-refractivity contribution is 6.07. The zero-order valence-electron chi connectivity index (χ0n) is 16.7. The second-order valence-corrected chi connectivity index (χ2v) is 8.05. The van der Waals surface area contributed by atoms with Crippen LogP contribution in [0.15, 0.2) is 54.6 Å². The summed E-state index contributed by atoms with van der Waals surface area (Å²) < 4.78 is 19.1. The predicted octanol–water partition coefficient (Wildman–Crippen LogP) is 4.31. The van der Waals surface area contributed by atoms with E-state index in [1.807, 2.05) is 30.3 Å². The van der Waals surface area contributed by atoms with Crippen molar-refractivity contribution >= 4 is 22.6 Å². The number of amides is 1. The standard InChI is InChI=1S/C24H24FN3O2/c25-16-5-9-18(10-6-16)30-19-11-13-28(14-12-19)23-15-21(24(29)26-17-7-8-17)20-3-1-2-4-22(20)27-23/h1-6,9-10,15,17,19H,7-8,11-14H2,(H,26,29). The van der Waals surface area contributed by atoms with Gasteiger partial charge in [-0.05, 0) is 49.2 Å². The fraction of sp³-hybridized carbons (Fsp3) is 0.333. The molecule has 0 atom stereocenters. The summed E-state index contributed by atoms with van der Waals surface area (Å²) in [5, 5.41) is 3.98. The van der Waals surface area contributed by atoms with E-state index in [2.05, 4.69) is 10.2 Å². The Morgan fingerprint density at radius 1 is 1.03 bits per heavy atom. The van der Waals surface area contributed by atoms with Crippen LogP contribution in [0.3, 0.4) is 0 Å². The molecule has 1 aliphatic heterocycles. The second kappa shape index (κ2) is 7.94. The number of nitrogens with one attached hydrogen (secondary N) is 1. The number of ether oxygens (including phenoxy) is 1. The first-order valence-electron chi connectivity index (χ1n) is 10.5. The van der Waals surface area contributed by atoms with Gasteiger partial charge in [0.2, 0.25) is 0 Å². The van der Waals surface area contributed by atoms with Gasteiger partial charge in [-0.3, -0.25) is 4.79 Å². The monoisotopic (exact) mass is 405 g/mol. The lowest BCUT2D eigenvalue weighted by Gasteiger charge is -2.33. The van der Waals surface area contributed by atoms with Gasteiger partial charge in [0.1, 0.15) is 23.5 Å². The van der Waals surface area contributed by atoms with E-state index in [9.17, 15) is 9.18 Å². The summed E-state index contributed by atoms with van der Waals surface area (Å²) in [6.07, 6.45) is 3.89. The van der Waals surface area contributed by atoms with Gasteiger partial charge in [0.25, 0.3) is 5.91 Å². The third-order valence-electron chi connectivity index (χ3n) is 5.74. The van der Waals surface area contributed by atoms with Crippen LogP contribution in [0.25, 0.3) is 10.9 Å². The number of fused-ring (bicyclic) bond motifs is 1. The first-order valence-corrected chi connectivity index (χ1v) is 10.5. The maximum atomic E-state index is 13.1. The smallest absolute Gasteiger partial charge is 0.252 e. The number of benzene rings is 2. The zero-order chi connectivity index (χ0) is 20.5. The Morgan fingerprint density at radius 3 is 2.50 bits per heavy atom. The summed E-state index contributed by atoms with van der Waals surface area (Å²) in [6, 6.07) is 16.2. The number of carbonyl (C=O) groups excluding carboxylic acids is 1. The lowest BCUT2D eigenvalue weighted by Crippen LogP contribution is -2.39. The molecule has 6 heteroatoms. The van der Waals surface area contributed by atoms with Gasteiger partial charge in [0.15, 0.2) is 0 Å². The number of hydrogen-bond donors (Lipinski definition) is 1. The van der Waals surface area contributed by atoms with Gasteiger partial charge in [-0.25, -0.2) is 9.37 Å². The topological polar surface area (TPSA) is 54.5 Å². The molecular formula is C24H24FN3O2. The Kier molecular flexibility index (Phi) is 4.99. The highest BCUT2D eigenvalue weighted by Crippen LogP contribution is 2.28. The molecule has 154 valence electrons. The van der Waals surface area contributed by atoms with Gasteiger partial charge >= 0.3 is 0 Å². The maximum Gasteiger partial charge on any atom is 0.252 e. The highest BCUT2D eigenvalue weighted by atomic mass is 19.1. The number of carbonyl (C=O) groups is 1. The van der Waals surface area contributed by atoms with Gasteiger partial charge in [0.05, 0.1) is 11.1 Å². The van der Waals surface area contributed by atoms with E-state index in [0.29, 0.717) is 17.4 Å². The van der Waals surface area contributed by atoms with Crippen LogP contribution >= 0.6 is 0 Å². The van der Waals surface area contributed by atoms with Crippen LogP contribution in [0.1, 0.15) is 36.0 Å². The van der Waals surface area contributed by atoms with Crippen LogP contribution < -0.4 is 15.0 Å². The van der Waals surface area contributed by atoms with Crippen LogP contribution in [0, 0.1) is 5.82 Å². The van der Waals surface area contributed by atoms with Gasteiger partial charge in [0, 0.05) is 37.4 Å². The average Bonchev–Trinajstić information content (AvgIpc) is 3.59. The van der Waals surface area contributed by atoms with Crippen LogP contribution in [0.4, 0.5) is 10.2 Å². The molecular weight excluding hydrogens is 381 g/mol. The molecule has 0 spiro atoms. The van der Waals surface area contributed by atoms with Crippen molar-refractivity contribution < 1.29 is 13.9 Å². The molecule has 1 amide bonds. The normalized spacial score (nSPS) is 17.2. The molecule has 0 unspecified atom stereocenters. The highest BCUT2D eigenvalue weighted by Gasteiger charge is 2.26. The molecule has 2 aromatic carbocycles. The number of pyridine rings is 1. The fourth-order valence-corrected chi connectivity index (χ4v) is 3.91. The van der Waals surface area contributed by atoms with Crippen molar-refractivity contribution in [2.45, 2.75) is 37.8 Å². The van der Waals surface area contributed by atoms with Gasteiger partial charge in [-0.15, -0.1) is 0 Å². The van der Waals surface area contributed by atoms with Crippen molar-refractivity contribution in [3.8, 4) is 5.75 Å². The van der Waals surface area contributed by atoms with Crippen LogP contribution in [0.2, 0.25) is 0 Å². The Morgan fingerprint density at radius 2 is 1.77 bits per heavy atom. The maximum absolute atomic E-state index is 13.1. The Labute approximate surface area is 174 Å². The molecule has 2 heterocycles. The van der Waals surface area contributed by atoms with E-state index >= 15 is 0 Å². The third kappa shape index (κ3) is 4.08. The molecule has 30 heavy (non-hydrogen) atoms. The minimum atomic E-state index is -0.263. The Balaban J connectivity index is 1.32. The number of rotatable bonds is 5. The summed E-state index contributed by atoms with van der Waals surface area (Å²) in [4.78, 5) is 19.9. The second-order valence-electron chi connectivity index (χ2n) is 8.05. The average molecular weight is 405 g/mol. The SMILES string of the molecule is O=C(NC1CC1)c1cc(N2CCC(Oc3ccc(F)cc3)CC2)nc2ccccc12. The predicted molar refractivity (Wildman–Crippen MR) is 114 cm³/mol. The summed E-state index contributed by atoms with van der Waals surface area (Å²) in [6.45, 7) is 1.59. The molecule has 5 nitrogen and oxygen atoms in total. The van der Waals surface area contributed by atoms with Crippen molar-refractivity contribution in [1.82, 2.24) is 10.3 Å². The first kappa shape index (κ1) is 18.9. The van der Waals surface area contributed by atoms with E-state index in [1.165, 1.54) is 12.1 Å². The number of hydrogen-bond acceptors (Lipinski definition) is 4. The Hall–Kier alpha value is -3.15. The molecule has 1 saturated carbocycles. The lowest BCUT2D eigenvalue weighted by atomic mass is 10.1. The molecule has 2 aliphatic rings. The largest absolute Gasteiger partial charge is 0.490 e. The minimum Gasteiger partial charge on any atom is -0.490 e. The van der Waals surface area contributed by atoms with Crippen molar-refractivity contribution in [1.29, 1.82) is 0 Å². The molecule has 2 fully saturated rings. The number of nitrogens with zero attached hydrogens (tertiary/aromatic N) is 2. The number of anilines is 1. The lowest BCUT2D eigenvalue weighted by molar-refractivity contribution is 0.0952. The summed E-state index contributed by atoms with van der Waals surface area (Å²) in [5.74, 6) is 1.24. The quantitative estimate of drug-likeness (QED) is 0.687. The summed E-state index contributed by atoms with van der Waals surface area (Å²) >= 11 is 0. The third-order valence-corrected chi connectivity index (χ3v) is 5.74. The van der Waals surface area contributed by atoms with E-state index in [-0.39, 0.29) is 17.8 Å². The van der Waals surface area contributed by atoms with Crippen molar-refractivity contribution in [2.24, 2.45) is 0 Å². The Bertz CT molecular complexity index is 1060. The number of piperidine rings is 1. The molecule has 1 aromatic heterocycles. The fourth-order valence-electron chi connectivity index (χ4n) is 3.91. The molecule has 0 bridgehead atoms. The molecule has 3 aromatic rings. The molecule has 1 N–H and O–H groups in total. The number of para-hydroxylation sites is 1. The van der Waals surface area contributed by atoms with Crippen molar-refractivity contribution in [3.05, 3.63) is 66.0 Å². The molecule has 1 saturated heterocycles. The van der Waals surface area contributed by atoms with E-state index < -0.39 is 0 Å². The number of aromatic nitrogens is 1. The van der Waals surface area contributed by atoms with E-state index in [0.717, 1.165) is 55.5 Å². The molecule has 1 aliphatic carbocycles. The van der Waals surface area contributed by atoms with Crippen LogP contribution in [0.5, 0.6) is 5.75 Å². The molecule has 0 radical (unpaired) electrons. The van der Waals surface area contributed by atoms with Gasteiger partial charge in [-0.2, -0.15) is 0 Å². The van der Waals surface area contributed by atoms with E-state index in [4.69, 9.17) is 9.72 Å². The minimum absolute atomic E-state index is 0.0214. The number of halogens is 1. The van der Waals surface area contributed by atoms with Crippen molar-refractivity contribution in [2.75, 3.05) is 18.0 Å².